The van der Waals surface area contributed by atoms with Gasteiger partial charge in [-0.2, -0.15) is 0 Å². The first-order chi connectivity index (χ1) is 7.64. The number of ether oxygens (including phenoxy) is 1. The Hall–Kier alpha value is -0.360. The molecule has 0 amide bonds. The van der Waals surface area contributed by atoms with Gasteiger partial charge in [0.1, 0.15) is 18.3 Å². The molecule has 1 fully saturated rings. The smallest absolute Gasteiger partial charge is 0.241 e. The molecule has 0 aromatic heterocycles. The third kappa shape index (κ3) is 3.31. The van der Waals surface area contributed by atoms with E-state index in [1.54, 1.807) is 0 Å². The molecule has 8 nitrogen and oxygen atoms in total. The Bertz CT molecular complexity index is 363. The zero-order valence-corrected chi connectivity index (χ0v) is 9.36. The molecule has 0 aromatic carbocycles. The summed E-state index contributed by atoms with van der Waals surface area (Å²) in [6.45, 7) is 0. The summed E-state index contributed by atoms with van der Waals surface area (Å²) >= 11 is 0. The average molecular weight is 275 g/mol. The van der Waals surface area contributed by atoms with Gasteiger partial charge in [0.2, 0.25) is 15.5 Å². The summed E-state index contributed by atoms with van der Waals surface area (Å²) in [4.78, 5) is 0. The fraction of sp³-hybridized carbons (Fsp3) is 1.00. The van der Waals surface area contributed by atoms with Crippen LogP contribution in [0, 0.1) is 0 Å². The first kappa shape index (κ1) is 14.7. The van der Waals surface area contributed by atoms with Gasteiger partial charge in [-0.25, -0.2) is 17.9 Å². The maximum Gasteiger partial charge on any atom is 0.241 e. The lowest BCUT2D eigenvalue weighted by Gasteiger charge is -2.38. The number of primary sulfonamides is 1. The lowest BCUT2D eigenvalue weighted by atomic mass is 9.97. The number of aliphatic hydroxyl groups is 4. The highest BCUT2D eigenvalue weighted by Gasteiger charge is 2.44. The first-order valence-corrected chi connectivity index (χ1v) is 6.29. The molecule has 0 aromatic rings. The van der Waals surface area contributed by atoms with E-state index in [4.69, 9.17) is 10.2 Å². The van der Waals surface area contributed by atoms with Gasteiger partial charge in [-0.3, -0.25) is 0 Å². The van der Waals surface area contributed by atoms with Gasteiger partial charge in [0.25, 0.3) is 0 Å². The summed E-state index contributed by atoms with van der Waals surface area (Å²) in [6.07, 6.45) is -9.44. The minimum atomic E-state index is -4.46. The van der Waals surface area contributed by atoms with Crippen molar-refractivity contribution in [3.63, 3.8) is 0 Å². The third-order valence-corrected chi connectivity index (χ3v) is 3.37. The van der Waals surface area contributed by atoms with E-state index in [0.29, 0.717) is 0 Å². The highest BCUT2D eigenvalue weighted by molar-refractivity contribution is 7.89. The van der Waals surface area contributed by atoms with E-state index < -0.39 is 52.7 Å². The minimum absolute atomic E-state index is 0.860. The number of rotatable bonds is 3. The maximum atomic E-state index is 13.1. The Morgan fingerprint density at radius 1 is 1.18 bits per heavy atom. The Balaban J connectivity index is 2.72. The summed E-state index contributed by atoms with van der Waals surface area (Å²) in [7, 11) is -4.46. The van der Waals surface area contributed by atoms with Gasteiger partial charge in [0.05, 0.1) is 6.10 Å². The molecule has 0 spiro atoms. The van der Waals surface area contributed by atoms with Gasteiger partial charge in [0, 0.05) is 6.42 Å². The van der Waals surface area contributed by atoms with Crippen LogP contribution >= 0.6 is 0 Å². The van der Waals surface area contributed by atoms with Crippen molar-refractivity contribution in [3.05, 3.63) is 0 Å². The number of sulfonamides is 1. The van der Waals surface area contributed by atoms with Crippen molar-refractivity contribution in [2.45, 2.75) is 42.6 Å². The minimum Gasteiger partial charge on any atom is -0.388 e. The SMILES string of the molecule is NS(=O)(=O)C(F)C[C@H]1OC(O)[C@H](O)[C@@H](O)[C@@H]1O. The molecule has 0 aliphatic carbocycles. The lowest BCUT2D eigenvalue weighted by Crippen LogP contribution is -2.58. The molecule has 1 heterocycles. The van der Waals surface area contributed by atoms with E-state index in [0.717, 1.165) is 0 Å². The first-order valence-electron chi connectivity index (χ1n) is 4.68. The maximum absolute atomic E-state index is 13.1. The molecule has 10 heteroatoms. The third-order valence-electron chi connectivity index (χ3n) is 2.46. The van der Waals surface area contributed by atoms with Crippen LogP contribution in [0.4, 0.5) is 4.39 Å². The second kappa shape index (κ2) is 5.10. The van der Waals surface area contributed by atoms with E-state index in [-0.39, 0.29) is 0 Å². The van der Waals surface area contributed by atoms with Crippen molar-refractivity contribution in [1.29, 1.82) is 0 Å². The van der Waals surface area contributed by atoms with Gasteiger partial charge >= 0.3 is 0 Å². The molecular formula is C7H14FNO7S. The van der Waals surface area contributed by atoms with Gasteiger partial charge in [-0.05, 0) is 0 Å². The van der Waals surface area contributed by atoms with Crippen molar-refractivity contribution in [1.82, 2.24) is 0 Å². The number of halogens is 1. The van der Waals surface area contributed by atoms with Crippen molar-refractivity contribution >= 4 is 10.0 Å². The molecule has 1 aliphatic rings. The summed E-state index contributed by atoms with van der Waals surface area (Å²) < 4.78 is 38.9. The second-order valence-electron chi connectivity index (χ2n) is 3.77. The van der Waals surface area contributed by atoms with E-state index in [9.17, 15) is 23.0 Å². The van der Waals surface area contributed by atoms with E-state index in [1.807, 2.05) is 0 Å². The molecule has 1 aliphatic heterocycles. The van der Waals surface area contributed by atoms with Crippen LogP contribution in [-0.2, 0) is 14.8 Å². The lowest BCUT2D eigenvalue weighted by molar-refractivity contribution is -0.283. The van der Waals surface area contributed by atoms with E-state index in [1.165, 1.54) is 0 Å². The fourth-order valence-corrected chi connectivity index (χ4v) is 1.90. The highest BCUT2D eigenvalue weighted by atomic mass is 32.2. The zero-order chi connectivity index (χ0) is 13.4. The molecule has 0 saturated carbocycles. The van der Waals surface area contributed by atoms with Crippen molar-refractivity contribution in [2.75, 3.05) is 0 Å². The van der Waals surface area contributed by atoms with Gasteiger partial charge in [0.15, 0.2) is 6.29 Å². The molecule has 17 heavy (non-hydrogen) atoms. The quantitative estimate of drug-likeness (QED) is 0.363. The molecular weight excluding hydrogens is 261 g/mol. The summed E-state index contributed by atoms with van der Waals surface area (Å²) in [5, 5.41) is 41.4. The van der Waals surface area contributed by atoms with Crippen LogP contribution in [0.2, 0.25) is 0 Å². The van der Waals surface area contributed by atoms with Crippen molar-refractivity contribution in [2.24, 2.45) is 5.14 Å². The largest absolute Gasteiger partial charge is 0.388 e. The summed E-state index contributed by atoms with van der Waals surface area (Å²) in [5.74, 6) is 0. The number of aliphatic hydroxyl groups excluding tert-OH is 4. The topological polar surface area (TPSA) is 150 Å². The number of alkyl halides is 1. The van der Waals surface area contributed by atoms with Crippen molar-refractivity contribution < 1.29 is 38.0 Å². The number of hydrogen-bond donors (Lipinski definition) is 5. The molecule has 2 unspecified atom stereocenters. The van der Waals surface area contributed by atoms with Gasteiger partial charge in [-0.1, -0.05) is 0 Å². The summed E-state index contributed by atoms with van der Waals surface area (Å²) in [6, 6.07) is 0. The second-order valence-corrected chi connectivity index (χ2v) is 5.46. The monoisotopic (exact) mass is 275 g/mol. The van der Waals surface area contributed by atoms with Crippen LogP contribution in [0.25, 0.3) is 0 Å². The Morgan fingerprint density at radius 3 is 2.18 bits per heavy atom. The standard InChI is InChI=1S/C7H14FNO7S/c8-3(17(9,14)15)1-2-4(10)5(11)6(12)7(13)16-2/h2-7,10-13H,1H2,(H2,9,14,15)/t2-,3?,4-,5+,6-,7?/m1/s1. The predicted octanol–water partition coefficient (Wildman–Crippen LogP) is -3.24. The highest BCUT2D eigenvalue weighted by Crippen LogP contribution is 2.24. The van der Waals surface area contributed by atoms with Crippen molar-refractivity contribution in [3.8, 4) is 0 Å². The van der Waals surface area contributed by atoms with Crippen LogP contribution in [-0.4, -0.2) is 65.1 Å². The van der Waals surface area contributed by atoms with Crippen LogP contribution in [0.3, 0.4) is 0 Å². The average Bonchev–Trinajstić information content (AvgIpc) is 2.21. The Morgan fingerprint density at radius 2 is 1.71 bits per heavy atom. The zero-order valence-electron chi connectivity index (χ0n) is 8.55. The normalized spacial score (nSPS) is 41.2. The molecule has 102 valence electrons. The molecule has 6 atom stereocenters. The molecule has 1 rings (SSSR count). The van der Waals surface area contributed by atoms with E-state index >= 15 is 0 Å². The number of nitrogens with two attached hydrogens (primary N) is 1. The molecule has 0 radical (unpaired) electrons. The van der Waals surface area contributed by atoms with Gasteiger partial charge < -0.3 is 25.2 Å². The predicted molar refractivity (Wildman–Crippen MR) is 51.5 cm³/mol. The molecule has 1 saturated heterocycles. The fourth-order valence-electron chi connectivity index (χ4n) is 1.44. The number of hydrogen-bond acceptors (Lipinski definition) is 7. The van der Waals surface area contributed by atoms with Crippen LogP contribution in [0.5, 0.6) is 0 Å². The molecule has 6 N–H and O–H groups in total. The van der Waals surface area contributed by atoms with E-state index in [2.05, 4.69) is 9.88 Å². The molecule has 0 bridgehead atoms. The van der Waals surface area contributed by atoms with Crippen LogP contribution in [0.1, 0.15) is 6.42 Å². The Labute approximate surface area is 96.5 Å². The summed E-state index contributed by atoms with van der Waals surface area (Å²) in [5.41, 5.74) is -2.50. The van der Waals surface area contributed by atoms with Crippen LogP contribution in [0.15, 0.2) is 0 Å². The Kier molecular flexibility index (Phi) is 4.41. The van der Waals surface area contributed by atoms with Gasteiger partial charge in [-0.15, -0.1) is 0 Å². The van der Waals surface area contributed by atoms with Crippen LogP contribution < -0.4 is 5.14 Å².